The van der Waals surface area contributed by atoms with Gasteiger partial charge in [-0.15, -0.1) is 0 Å². The minimum absolute atomic E-state index is 0.00281. The van der Waals surface area contributed by atoms with E-state index in [1.54, 1.807) is 12.1 Å². The van der Waals surface area contributed by atoms with E-state index in [0.717, 1.165) is 50.0 Å². The number of hydrogen-bond donors (Lipinski definition) is 6. The number of aromatic amines is 1. The molecule has 55 heavy (non-hydrogen) atoms. The van der Waals surface area contributed by atoms with Crippen LogP contribution in [0.5, 0.6) is 11.5 Å². The average molecular weight is 751 g/mol. The summed E-state index contributed by atoms with van der Waals surface area (Å²) in [5.41, 5.74) is 2.42. The molecular weight excluding hydrogens is 704 g/mol. The molecular formula is C41H46N6O8. The first kappa shape index (κ1) is 37.6. The number of rotatable bonds is 16. The fraction of sp³-hybridized carbons (Fsp3) is 0.366. The molecule has 14 nitrogen and oxygen atoms in total. The number of phenolic OH excluding ortho intramolecular Hbond substituents is 1. The number of piperidine rings is 3. The van der Waals surface area contributed by atoms with Crippen molar-refractivity contribution in [3.05, 3.63) is 124 Å². The minimum Gasteiger partial charge on any atom is -0.506 e. The maximum absolute atomic E-state index is 13.2. The van der Waals surface area contributed by atoms with Crippen molar-refractivity contribution in [1.29, 1.82) is 0 Å². The number of aliphatic hydroxyl groups excluding tert-OH is 1. The molecule has 3 saturated heterocycles. The van der Waals surface area contributed by atoms with Gasteiger partial charge in [0.1, 0.15) is 23.9 Å². The Morgan fingerprint density at radius 2 is 1.78 bits per heavy atom. The standard InChI is InChI=1S/C41H46N6O8/c48-33-13-11-30(31-12-14-36(50)45-39(31)33)34(49)22-42-17-4-5-18-43-40(51)32-24-54-37(44-32)25-53-29-10-6-9-28(21-29)38(27-7-2-1-3-8-27)46-41(52)55-35-23-47-19-15-26(35)16-20-47/h1-3,6-14,21,24,26,34-35,38,42,48-49H,4-5,15-20,22-23,25H2,(H,43,51)(H,45,50)(H,46,52)/t34-,35-,38-/m0/s1. The monoisotopic (exact) mass is 750 g/mol. The lowest BCUT2D eigenvalue weighted by Gasteiger charge is -2.43. The van der Waals surface area contributed by atoms with Crippen molar-refractivity contribution in [3.63, 3.8) is 0 Å². The molecule has 3 atom stereocenters. The molecule has 0 unspecified atom stereocenters. The highest BCUT2D eigenvalue weighted by Gasteiger charge is 2.37. The van der Waals surface area contributed by atoms with Crippen LogP contribution in [0.4, 0.5) is 4.79 Å². The number of aliphatic hydroxyl groups is 1. The molecule has 5 aromatic rings. The van der Waals surface area contributed by atoms with Gasteiger partial charge in [0, 0.05) is 31.1 Å². The molecule has 288 valence electrons. The third-order valence-electron chi connectivity index (χ3n) is 10.3. The van der Waals surface area contributed by atoms with Gasteiger partial charge in [-0.25, -0.2) is 9.78 Å². The minimum atomic E-state index is -0.846. The lowest BCUT2D eigenvalue weighted by atomic mass is 9.86. The van der Waals surface area contributed by atoms with E-state index in [4.69, 9.17) is 13.9 Å². The summed E-state index contributed by atoms with van der Waals surface area (Å²) < 4.78 is 17.5. The van der Waals surface area contributed by atoms with Crippen molar-refractivity contribution in [2.75, 3.05) is 39.3 Å². The Kier molecular flexibility index (Phi) is 12.1. The largest absolute Gasteiger partial charge is 0.506 e. The number of amides is 2. The second-order valence-electron chi connectivity index (χ2n) is 14.0. The van der Waals surface area contributed by atoms with Gasteiger partial charge >= 0.3 is 6.09 Å². The molecule has 2 aromatic heterocycles. The van der Waals surface area contributed by atoms with Gasteiger partial charge in [0.25, 0.3) is 5.91 Å². The van der Waals surface area contributed by atoms with Crippen LogP contribution in [-0.4, -0.2) is 82.5 Å². The summed E-state index contributed by atoms with van der Waals surface area (Å²) in [5.74, 6) is 0.772. The molecule has 5 heterocycles. The van der Waals surface area contributed by atoms with Crippen molar-refractivity contribution in [2.45, 2.75) is 50.5 Å². The van der Waals surface area contributed by atoms with Gasteiger partial charge in [0.05, 0.1) is 17.7 Å². The van der Waals surface area contributed by atoms with E-state index in [1.165, 1.54) is 18.4 Å². The molecule has 3 aromatic carbocycles. The number of pyridine rings is 1. The quantitative estimate of drug-likeness (QED) is 0.0777. The van der Waals surface area contributed by atoms with E-state index in [9.17, 15) is 24.6 Å². The van der Waals surface area contributed by atoms with Crippen molar-refractivity contribution in [1.82, 2.24) is 30.8 Å². The first-order valence-electron chi connectivity index (χ1n) is 18.7. The molecule has 2 bridgehead atoms. The van der Waals surface area contributed by atoms with Crippen molar-refractivity contribution in [2.24, 2.45) is 5.92 Å². The number of benzene rings is 3. The molecule has 3 aliphatic heterocycles. The Morgan fingerprint density at radius 1 is 0.982 bits per heavy atom. The lowest BCUT2D eigenvalue weighted by molar-refractivity contribution is -0.0336. The molecule has 8 rings (SSSR count). The van der Waals surface area contributed by atoms with Gasteiger partial charge in [0.15, 0.2) is 12.3 Å². The predicted molar refractivity (Wildman–Crippen MR) is 204 cm³/mol. The molecule has 0 aliphatic carbocycles. The number of hydrogen-bond acceptors (Lipinski definition) is 11. The number of nitrogens with zero attached hydrogens (tertiary/aromatic N) is 2. The SMILES string of the molecule is O=C(N[C@@H](c1ccccc1)c1cccc(OCc2nc(C(=O)NCCCCNC[C@H](O)c3ccc(O)c4[nH]c(=O)ccc34)co2)c1)O[C@H]1CN2CCC1CC2. The Bertz CT molecular complexity index is 2130. The number of H-pyrrole nitrogens is 1. The summed E-state index contributed by atoms with van der Waals surface area (Å²) in [6, 6.07) is 22.7. The number of aromatic hydroxyl groups is 1. The number of ether oxygens (including phenoxy) is 2. The van der Waals surface area contributed by atoms with E-state index in [2.05, 4.69) is 30.8 Å². The first-order valence-corrected chi connectivity index (χ1v) is 18.7. The highest BCUT2D eigenvalue weighted by atomic mass is 16.6. The van der Waals surface area contributed by atoms with Crippen LogP contribution < -0.4 is 26.2 Å². The van der Waals surface area contributed by atoms with Gasteiger partial charge < -0.3 is 45.0 Å². The molecule has 2 amide bonds. The Balaban J connectivity index is 0.849. The van der Waals surface area contributed by atoms with Crippen LogP contribution in [0.15, 0.2) is 94.3 Å². The summed E-state index contributed by atoms with van der Waals surface area (Å²) in [6.07, 6.45) is 3.45. The Morgan fingerprint density at radius 3 is 2.58 bits per heavy atom. The maximum Gasteiger partial charge on any atom is 0.408 e. The summed E-state index contributed by atoms with van der Waals surface area (Å²) in [4.78, 5) is 46.8. The highest BCUT2D eigenvalue weighted by Crippen LogP contribution is 2.31. The topological polar surface area (TPSA) is 191 Å². The predicted octanol–water partition coefficient (Wildman–Crippen LogP) is 4.54. The van der Waals surface area contributed by atoms with E-state index in [1.807, 2.05) is 54.6 Å². The number of nitrogens with one attached hydrogen (secondary N) is 4. The van der Waals surface area contributed by atoms with Gasteiger partial charge in [-0.1, -0.05) is 48.5 Å². The van der Waals surface area contributed by atoms with Crippen LogP contribution in [0.2, 0.25) is 0 Å². The van der Waals surface area contributed by atoms with Gasteiger partial charge in [0.2, 0.25) is 11.4 Å². The number of alkyl carbamates (subject to hydrolysis) is 1. The van der Waals surface area contributed by atoms with Crippen LogP contribution >= 0.6 is 0 Å². The molecule has 3 aliphatic rings. The Hall–Kier alpha value is -5.70. The number of unbranched alkanes of at least 4 members (excludes halogenated alkanes) is 1. The van der Waals surface area contributed by atoms with Gasteiger partial charge in [-0.2, -0.15) is 0 Å². The van der Waals surface area contributed by atoms with Gasteiger partial charge in [-0.3, -0.25) is 14.5 Å². The zero-order chi connectivity index (χ0) is 38.1. The van der Waals surface area contributed by atoms with Crippen LogP contribution in [0.1, 0.15) is 70.9 Å². The third-order valence-corrected chi connectivity index (χ3v) is 10.3. The van der Waals surface area contributed by atoms with Crippen molar-refractivity contribution >= 4 is 22.9 Å². The number of carbonyl (C=O) groups is 2. The fourth-order valence-electron chi connectivity index (χ4n) is 7.31. The van der Waals surface area contributed by atoms with Crippen molar-refractivity contribution < 1.29 is 33.7 Å². The van der Waals surface area contributed by atoms with E-state index in [0.29, 0.717) is 42.1 Å². The molecule has 0 radical (unpaired) electrons. The number of oxazole rings is 1. The summed E-state index contributed by atoms with van der Waals surface area (Å²) in [5, 5.41) is 30.5. The van der Waals surface area contributed by atoms with E-state index in [-0.39, 0.29) is 53.6 Å². The highest BCUT2D eigenvalue weighted by molar-refractivity contribution is 5.91. The van der Waals surface area contributed by atoms with Crippen LogP contribution in [0.25, 0.3) is 10.9 Å². The molecule has 0 spiro atoms. The van der Waals surface area contributed by atoms with E-state index >= 15 is 0 Å². The summed E-state index contributed by atoms with van der Waals surface area (Å²) in [7, 11) is 0. The lowest BCUT2D eigenvalue weighted by Crippen LogP contribution is -2.52. The molecule has 0 saturated carbocycles. The normalized spacial score (nSPS) is 18.7. The van der Waals surface area contributed by atoms with Gasteiger partial charge in [-0.05, 0) is 92.2 Å². The summed E-state index contributed by atoms with van der Waals surface area (Å²) >= 11 is 0. The van der Waals surface area contributed by atoms with Crippen molar-refractivity contribution in [3.8, 4) is 11.5 Å². The molecule has 6 N–H and O–H groups in total. The van der Waals surface area contributed by atoms with E-state index < -0.39 is 18.2 Å². The second kappa shape index (κ2) is 17.6. The molecule has 14 heteroatoms. The molecule has 3 fully saturated rings. The zero-order valence-corrected chi connectivity index (χ0v) is 30.4. The number of fused-ring (bicyclic) bond motifs is 4. The number of aromatic nitrogens is 2. The maximum atomic E-state index is 13.2. The smallest absolute Gasteiger partial charge is 0.408 e. The van der Waals surface area contributed by atoms with Crippen LogP contribution in [-0.2, 0) is 11.3 Å². The third kappa shape index (κ3) is 9.52. The second-order valence-corrected chi connectivity index (χ2v) is 14.0. The number of carbonyl (C=O) groups excluding carboxylic acids is 2. The zero-order valence-electron chi connectivity index (χ0n) is 30.4. The van der Waals surface area contributed by atoms with Crippen LogP contribution in [0.3, 0.4) is 0 Å². The van der Waals surface area contributed by atoms with Crippen LogP contribution in [0, 0.1) is 5.92 Å². The summed E-state index contributed by atoms with van der Waals surface area (Å²) in [6.45, 7) is 4.22. The Labute approximate surface area is 317 Å². The average Bonchev–Trinajstić information content (AvgIpc) is 3.69. The fourth-order valence-corrected chi connectivity index (χ4v) is 7.31. The number of phenols is 1. The first-order chi connectivity index (χ1) is 26.8.